The molecule has 1 aromatic carbocycles. The van der Waals surface area contributed by atoms with Gasteiger partial charge < -0.3 is 10.6 Å². The second kappa shape index (κ2) is 5.19. The molecule has 1 aromatic rings. The number of likely N-dealkylation sites (N-methyl/N-ethyl adjacent to an activating group) is 1. The van der Waals surface area contributed by atoms with Crippen molar-refractivity contribution in [1.82, 2.24) is 4.90 Å². The molecule has 2 rings (SSSR count). The minimum Gasteiger partial charge on any atom is -0.326 e. The zero-order valence-corrected chi connectivity index (χ0v) is 11.1. The molecule has 2 nitrogen and oxygen atoms in total. The van der Waals surface area contributed by atoms with Crippen LogP contribution in [0.1, 0.15) is 36.8 Å². The van der Waals surface area contributed by atoms with Crippen molar-refractivity contribution in [2.75, 3.05) is 20.6 Å². The van der Waals surface area contributed by atoms with Crippen LogP contribution in [0.5, 0.6) is 0 Å². The fourth-order valence-corrected chi connectivity index (χ4v) is 3.19. The Morgan fingerprint density at radius 2 is 1.71 bits per heavy atom. The Balaban J connectivity index is 2.25. The summed E-state index contributed by atoms with van der Waals surface area (Å²) < 4.78 is 0. The number of rotatable bonds is 4. The van der Waals surface area contributed by atoms with Crippen molar-refractivity contribution >= 4 is 0 Å². The first-order chi connectivity index (χ1) is 8.16. The highest BCUT2D eigenvalue weighted by Gasteiger charge is 2.35. The Labute approximate surface area is 105 Å². The molecule has 1 saturated carbocycles. The Morgan fingerprint density at radius 1 is 1.12 bits per heavy atom. The Bertz CT molecular complexity index is 348. The van der Waals surface area contributed by atoms with Gasteiger partial charge in [0, 0.05) is 18.5 Å². The van der Waals surface area contributed by atoms with Crippen LogP contribution < -0.4 is 5.73 Å². The van der Waals surface area contributed by atoms with Gasteiger partial charge in [0.2, 0.25) is 0 Å². The van der Waals surface area contributed by atoms with Gasteiger partial charge in [-0.05, 0) is 38.1 Å². The molecule has 0 aliphatic heterocycles. The third kappa shape index (κ3) is 2.70. The second-order valence-corrected chi connectivity index (χ2v) is 5.63. The van der Waals surface area contributed by atoms with Crippen LogP contribution in [0.3, 0.4) is 0 Å². The molecule has 0 saturated heterocycles. The minimum absolute atomic E-state index is 0.386. The lowest BCUT2D eigenvalue weighted by Gasteiger charge is -2.33. The van der Waals surface area contributed by atoms with Gasteiger partial charge in [0.05, 0.1) is 0 Å². The van der Waals surface area contributed by atoms with Gasteiger partial charge in [0.1, 0.15) is 0 Å². The van der Waals surface area contributed by atoms with Crippen LogP contribution in [0.15, 0.2) is 24.3 Å². The van der Waals surface area contributed by atoms with E-state index in [0.29, 0.717) is 12.0 Å². The maximum absolute atomic E-state index is 5.66. The second-order valence-electron chi connectivity index (χ2n) is 5.63. The molecule has 0 atom stereocenters. The summed E-state index contributed by atoms with van der Waals surface area (Å²) in [5.41, 5.74) is 8.77. The average Bonchev–Trinajstić information content (AvgIpc) is 2.78. The Kier molecular flexibility index (Phi) is 3.85. The van der Waals surface area contributed by atoms with E-state index >= 15 is 0 Å². The predicted octanol–water partition coefficient (Wildman–Crippen LogP) is 2.52. The molecule has 1 fully saturated rings. The van der Waals surface area contributed by atoms with E-state index < -0.39 is 0 Å². The van der Waals surface area contributed by atoms with E-state index in [1.807, 2.05) is 0 Å². The topological polar surface area (TPSA) is 29.3 Å². The van der Waals surface area contributed by atoms with Crippen LogP contribution in [0.2, 0.25) is 0 Å². The number of hydrogen-bond acceptors (Lipinski definition) is 2. The average molecular weight is 232 g/mol. The van der Waals surface area contributed by atoms with E-state index in [4.69, 9.17) is 5.73 Å². The highest BCUT2D eigenvalue weighted by molar-refractivity contribution is 5.30. The van der Waals surface area contributed by atoms with Crippen molar-refractivity contribution in [3.05, 3.63) is 35.4 Å². The van der Waals surface area contributed by atoms with Crippen LogP contribution in [-0.2, 0) is 12.0 Å². The fraction of sp³-hybridized carbons (Fsp3) is 0.600. The van der Waals surface area contributed by atoms with Crippen LogP contribution >= 0.6 is 0 Å². The molecule has 0 heterocycles. The maximum atomic E-state index is 5.66. The first-order valence-corrected chi connectivity index (χ1v) is 6.60. The summed E-state index contributed by atoms with van der Waals surface area (Å²) in [4.78, 5) is 2.32. The van der Waals surface area contributed by atoms with Crippen LogP contribution in [0.25, 0.3) is 0 Å². The molecule has 0 amide bonds. The van der Waals surface area contributed by atoms with Gasteiger partial charge in [-0.15, -0.1) is 0 Å². The summed E-state index contributed by atoms with van der Waals surface area (Å²) in [5, 5.41) is 0. The quantitative estimate of drug-likeness (QED) is 0.864. The van der Waals surface area contributed by atoms with Gasteiger partial charge >= 0.3 is 0 Å². The highest BCUT2D eigenvalue weighted by Crippen LogP contribution is 2.41. The zero-order valence-electron chi connectivity index (χ0n) is 11.1. The van der Waals surface area contributed by atoms with Gasteiger partial charge in [0.25, 0.3) is 0 Å². The third-order valence-corrected chi connectivity index (χ3v) is 3.98. The fourth-order valence-electron chi connectivity index (χ4n) is 3.19. The lowest BCUT2D eigenvalue weighted by Crippen LogP contribution is -2.35. The van der Waals surface area contributed by atoms with Crippen molar-refractivity contribution < 1.29 is 0 Å². The van der Waals surface area contributed by atoms with Crippen molar-refractivity contribution in [3.63, 3.8) is 0 Å². The molecule has 0 unspecified atom stereocenters. The number of hydrogen-bond donors (Lipinski definition) is 1. The van der Waals surface area contributed by atoms with Gasteiger partial charge in [-0.1, -0.05) is 37.1 Å². The molecular weight excluding hydrogens is 208 g/mol. The van der Waals surface area contributed by atoms with E-state index in [-0.39, 0.29) is 0 Å². The molecule has 0 radical (unpaired) electrons. The summed E-state index contributed by atoms with van der Waals surface area (Å²) >= 11 is 0. The first-order valence-electron chi connectivity index (χ1n) is 6.60. The largest absolute Gasteiger partial charge is 0.326 e. The molecule has 1 aliphatic rings. The van der Waals surface area contributed by atoms with E-state index in [1.54, 1.807) is 0 Å². The molecular formula is C15H24N2. The lowest BCUT2D eigenvalue weighted by atomic mass is 9.78. The standard InChI is InChI=1S/C15H24N2/c1-17(2)12-15(9-3-4-10-15)14-7-5-13(11-16)6-8-14/h5-8H,3-4,9-12,16H2,1-2H3. The molecule has 94 valence electrons. The Morgan fingerprint density at radius 3 is 2.18 bits per heavy atom. The summed E-state index contributed by atoms with van der Waals surface area (Å²) in [6, 6.07) is 8.95. The number of benzene rings is 1. The van der Waals surface area contributed by atoms with Crippen LogP contribution in [-0.4, -0.2) is 25.5 Å². The van der Waals surface area contributed by atoms with E-state index in [0.717, 1.165) is 6.54 Å². The monoisotopic (exact) mass is 232 g/mol. The van der Waals surface area contributed by atoms with Crippen LogP contribution in [0.4, 0.5) is 0 Å². The van der Waals surface area contributed by atoms with E-state index in [2.05, 4.69) is 43.3 Å². The van der Waals surface area contributed by atoms with Crippen molar-refractivity contribution in [1.29, 1.82) is 0 Å². The zero-order chi connectivity index (χ0) is 12.3. The van der Waals surface area contributed by atoms with Gasteiger partial charge in [0.15, 0.2) is 0 Å². The smallest absolute Gasteiger partial charge is 0.0178 e. The molecule has 0 aromatic heterocycles. The van der Waals surface area contributed by atoms with Gasteiger partial charge in [-0.2, -0.15) is 0 Å². The van der Waals surface area contributed by atoms with E-state index in [9.17, 15) is 0 Å². The van der Waals surface area contributed by atoms with E-state index in [1.165, 1.54) is 36.8 Å². The summed E-state index contributed by atoms with van der Waals surface area (Å²) in [7, 11) is 4.35. The molecule has 0 spiro atoms. The summed E-state index contributed by atoms with van der Waals surface area (Å²) in [6.45, 7) is 1.80. The van der Waals surface area contributed by atoms with Crippen molar-refractivity contribution in [3.8, 4) is 0 Å². The first kappa shape index (κ1) is 12.6. The lowest BCUT2D eigenvalue weighted by molar-refractivity contribution is 0.284. The molecule has 2 N–H and O–H groups in total. The van der Waals surface area contributed by atoms with Crippen molar-refractivity contribution in [2.45, 2.75) is 37.6 Å². The van der Waals surface area contributed by atoms with Gasteiger partial charge in [-0.3, -0.25) is 0 Å². The minimum atomic E-state index is 0.386. The van der Waals surface area contributed by atoms with Crippen molar-refractivity contribution in [2.24, 2.45) is 5.73 Å². The maximum Gasteiger partial charge on any atom is 0.0178 e. The number of nitrogens with zero attached hydrogens (tertiary/aromatic N) is 1. The highest BCUT2D eigenvalue weighted by atomic mass is 15.1. The molecule has 17 heavy (non-hydrogen) atoms. The number of nitrogens with two attached hydrogens (primary N) is 1. The van der Waals surface area contributed by atoms with Gasteiger partial charge in [-0.25, -0.2) is 0 Å². The predicted molar refractivity (Wildman–Crippen MR) is 73.0 cm³/mol. The summed E-state index contributed by atoms with van der Waals surface area (Å²) in [5.74, 6) is 0. The molecule has 2 heteroatoms. The molecule has 1 aliphatic carbocycles. The Hall–Kier alpha value is -0.860. The molecule has 0 bridgehead atoms. The summed E-state index contributed by atoms with van der Waals surface area (Å²) in [6.07, 6.45) is 5.39. The third-order valence-electron chi connectivity index (χ3n) is 3.98. The van der Waals surface area contributed by atoms with Crippen LogP contribution in [0, 0.1) is 0 Å². The SMILES string of the molecule is CN(C)CC1(c2ccc(CN)cc2)CCCC1. The normalized spacial score (nSPS) is 18.8.